The topological polar surface area (TPSA) is 66.5 Å². The molecule has 0 fully saturated rings. The van der Waals surface area contributed by atoms with Gasteiger partial charge in [-0.15, -0.1) is 0 Å². The molecule has 1 heterocycles. The number of sulfonamides is 1. The molecule has 0 saturated heterocycles. The van der Waals surface area contributed by atoms with Crippen molar-refractivity contribution in [2.24, 2.45) is 0 Å². The first-order valence-electron chi connectivity index (χ1n) is 9.59. The highest BCUT2D eigenvalue weighted by Crippen LogP contribution is 2.27. The highest BCUT2D eigenvalue weighted by molar-refractivity contribution is 7.89. The van der Waals surface area contributed by atoms with E-state index in [-0.39, 0.29) is 10.8 Å². The zero-order chi connectivity index (χ0) is 21.3. The molecule has 1 aliphatic rings. The monoisotopic (exact) mass is 440 g/mol. The SMILES string of the molecule is Cc1cc(S(=O)(=O)N2CCc3ccccc3C2)ccc1NC(=O)c1ccc(Cl)cc1. The van der Waals surface area contributed by atoms with Gasteiger partial charge in [0.05, 0.1) is 4.90 Å². The minimum atomic E-state index is -3.62. The molecule has 1 N–H and O–H groups in total. The molecule has 0 spiro atoms. The lowest BCUT2D eigenvalue weighted by Gasteiger charge is -2.28. The standard InChI is InChI=1S/C23H21ClN2O3S/c1-16-14-21(10-11-22(16)25-23(27)18-6-8-20(24)9-7-18)30(28,29)26-13-12-17-4-2-3-5-19(17)15-26/h2-11,14H,12-13,15H2,1H3,(H,25,27). The van der Waals surface area contributed by atoms with Gasteiger partial charge in [0, 0.05) is 29.4 Å². The summed E-state index contributed by atoms with van der Waals surface area (Å²) < 4.78 is 27.8. The Morgan fingerprint density at radius 2 is 1.70 bits per heavy atom. The first-order chi connectivity index (χ1) is 14.3. The van der Waals surface area contributed by atoms with Crippen LogP contribution < -0.4 is 5.32 Å². The first kappa shape index (κ1) is 20.6. The number of amides is 1. The van der Waals surface area contributed by atoms with Gasteiger partial charge in [-0.1, -0.05) is 35.9 Å². The first-order valence-corrected chi connectivity index (χ1v) is 11.4. The van der Waals surface area contributed by atoms with Crippen LogP contribution >= 0.6 is 11.6 Å². The molecule has 0 atom stereocenters. The van der Waals surface area contributed by atoms with Crippen LogP contribution in [0.3, 0.4) is 0 Å². The summed E-state index contributed by atoms with van der Waals surface area (Å²) in [5.41, 5.74) is 3.95. The van der Waals surface area contributed by atoms with Gasteiger partial charge in [0.25, 0.3) is 5.91 Å². The Morgan fingerprint density at radius 1 is 1.00 bits per heavy atom. The maximum absolute atomic E-state index is 13.2. The quantitative estimate of drug-likeness (QED) is 0.642. The van der Waals surface area contributed by atoms with Crippen molar-refractivity contribution in [2.45, 2.75) is 24.8 Å². The highest BCUT2D eigenvalue weighted by atomic mass is 35.5. The third kappa shape index (κ3) is 4.12. The van der Waals surface area contributed by atoms with Crippen LogP contribution in [0.1, 0.15) is 27.0 Å². The fourth-order valence-electron chi connectivity index (χ4n) is 3.56. The van der Waals surface area contributed by atoms with Crippen molar-refractivity contribution >= 4 is 33.2 Å². The van der Waals surface area contributed by atoms with Crippen molar-refractivity contribution < 1.29 is 13.2 Å². The number of halogens is 1. The molecule has 0 aliphatic carbocycles. The van der Waals surface area contributed by atoms with E-state index in [1.165, 1.54) is 9.87 Å². The molecule has 7 heteroatoms. The third-order valence-electron chi connectivity index (χ3n) is 5.29. The molecule has 154 valence electrons. The van der Waals surface area contributed by atoms with Crippen molar-refractivity contribution in [3.05, 3.63) is 94.0 Å². The van der Waals surface area contributed by atoms with Gasteiger partial charge < -0.3 is 5.32 Å². The molecule has 3 aromatic rings. The fraction of sp³-hybridized carbons (Fsp3) is 0.174. The Labute approximate surface area is 181 Å². The fourth-order valence-corrected chi connectivity index (χ4v) is 5.19. The van der Waals surface area contributed by atoms with Gasteiger partial charge in [-0.05, 0) is 72.5 Å². The predicted octanol–water partition coefficient (Wildman–Crippen LogP) is 4.65. The molecule has 1 amide bonds. The number of hydrogen-bond donors (Lipinski definition) is 1. The lowest BCUT2D eigenvalue weighted by atomic mass is 10.0. The van der Waals surface area contributed by atoms with Gasteiger partial charge in [-0.2, -0.15) is 4.31 Å². The summed E-state index contributed by atoms with van der Waals surface area (Å²) in [4.78, 5) is 12.7. The normalized spacial score (nSPS) is 14.2. The zero-order valence-electron chi connectivity index (χ0n) is 16.4. The molecule has 0 aromatic heterocycles. The number of carbonyl (C=O) groups excluding carboxylic acids is 1. The number of rotatable bonds is 4. The number of anilines is 1. The van der Waals surface area contributed by atoms with Crippen LogP contribution in [0.4, 0.5) is 5.69 Å². The molecule has 3 aromatic carbocycles. The minimum absolute atomic E-state index is 0.226. The summed E-state index contributed by atoms with van der Waals surface area (Å²) in [5, 5.41) is 3.38. The van der Waals surface area contributed by atoms with E-state index in [1.54, 1.807) is 49.4 Å². The zero-order valence-corrected chi connectivity index (χ0v) is 18.0. The van der Waals surface area contributed by atoms with Gasteiger partial charge in [-0.25, -0.2) is 8.42 Å². The Morgan fingerprint density at radius 3 is 2.40 bits per heavy atom. The molecular weight excluding hydrogens is 420 g/mol. The van der Waals surface area contributed by atoms with Crippen molar-refractivity contribution in [1.29, 1.82) is 0 Å². The van der Waals surface area contributed by atoms with Crippen LogP contribution in [-0.2, 0) is 23.0 Å². The lowest BCUT2D eigenvalue weighted by molar-refractivity contribution is 0.102. The molecule has 30 heavy (non-hydrogen) atoms. The highest BCUT2D eigenvalue weighted by Gasteiger charge is 2.28. The smallest absolute Gasteiger partial charge is 0.255 e. The van der Waals surface area contributed by atoms with E-state index in [4.69, 9.17) is 11.6 Å². The number of benzene rings is 3. The summed E-state index contributed by atoms with van der Waals surface area (Å²) in [5.74, 6) is -0.280. The Kier molecular flexibility index (Phi) is 5.64. The van der Waals surface area contributed by atoms with E-state index >= 15 is 0 Å². The molecule has 0 radical (unpaired) electrons. The molecular formula is C23H21ClN2O3S. The maximum atomic E-state index is 13.2. The van der Waals surface area contributed by atoms with Crippen LogP contribution in [0.5, 0.6) is 0 Å². The van der Waals surface area contributed by atoms with Gasteiger partial charge in [0.15, 0.2) is 0 Å². The van der Waals surface area contributed by atoms with Crippen LogP contribution in [0, 0.1) is 6.92 Å². The van der Waals surface area contributed by atoms with E-state index in [0.717, 1.165) is 5.56 Å². The lowest BCUT2D eigenvalue weighted by Crippen LogP contribution is -2.36. The van der Waals surface area contributed by atoms with Crippen molar-refractivity contribution in [3.63, 3.8) is 0 Å². The second kappa shape index (κ2) is 8.22. The van der Waals surface area contributed by atoms with Gasteiger partial charge in [0.1, 0.15) is 0 Å². The number of nitrogens with zero attached hydrogens (tertiary/aromatic N) is 1. The number of fused-ring (bicyclic) bond motifs is 1. The third-order valence-corrected chi connectivity index (χ3v) is 7.38. The summed E-state index contributed by atoms with van der Waals surface area (Å²) in [6.45, 7) is 2.60. The second-order valence-corrected chi connectivity index (χ2v) is 9.67. The largest absolute Gasteiger partial charge is 0.322 e. The van der Waals surface area contributed by atoms with E-state index in [0.29, 0.717) is 41.3 Å². The predicted molar refractivity (Wildman–Crippen MR) is 118 cm³/mol. The van der Waals surface area contributed by atoms with Crippen LogP contribution in [0.25, 0.3) is 0 Å². The molecule has 0 saturated carbocycles. The maximum Gasteiger partial charge on any atom is 0.255 e. The number of carbonyl (C=O) groups is 1. The van der Waals surface area contributed by atoms with Crippen molar-refractivity contribution in [2.75, 3.05) is 11.9 Å². The minimum Gasteiger partial charge on any atom is -0.322 e. The molecule has 0 unspecified atom stereocenters. The Hall–Kier alpha value is -2.67. The van der Waals surface area contributed by atoms with Crippen LogP contribution in [-0.4, -0.2) is 25.2 Å². The molecule has 5 nitrogen and oxygen atoms in total. The average Bonchev–Trinajstić information content (AvgIpc) is 2.75. The van der Waals surface area contributed by atoms with Gasteiger partial charge in [0.2, 0.25) is 10.0 Å². The van der Waals surface area contributed by atoms with E-state index in [1.807, 2.05) is 24.3 Å². The van der Waals surface area contributed by atoms with Crippen molar-refractivity contribution in [1.82, 2.24) is 4.31 Å². The van der Waals surface area contributed by atoms with E-state index in [9.17, 15) is 13.2 Å². The second-order valence-electron chi connectivity index (χ2n) is 7.30. The number of aryl methyl sites for hydroxylation is 1. The molecule has 0 bridgehead atoms. The van der Waals surface area contributed by atoms with E-state index < -0.39 is 10.0 Å². The van der Waals surface area contributed by atoms with E-state index in [2.05, 4.69) is 5.32 Å². The summed E-state index contributed by atoms with van der Waals surface area (Å²) in [6.07, 6.45) is 0.698. The number of nitrogens with one attached hydrogen (secondary N) is 1. The Bertz CT molecular complexity index is 1210. The molecule has 1 aliphatic heterocycles. The van der Waals surface area contributed by atoms with Gasteiger partial charge >= 0.3 is 0 Å². The number of hydrogen-bond acceptors (Lipinski definition) is 3. The van der Waals surface area contributed by atoms with Gasteiger partial charge in [-0.3, -0.25) is 4.79 Å². The summed E-state index contributed by atoms with van der Waals surface area (Å²) >= 11 is 5.86. The van der Waals surface area contributed by atoms with Crippen molar-refractivity contribution in [3.8, 4) is 0 Å². The summed E-state index contributed by atoms with van der Waals surface area (Å²) in [7, 11) is -3.62. The summed E-state index contributed by atoms with van der Waals surface area (Å²) in [6, 6.07) is 19.3. The van der Waals surface area contributed by atoms with Crippen LogP contribution in [0.15, 0.2) is 71.6 Å². The Balaban J connectivity index is 1.54. The average molecular weight is 441 g/mol. The molecule has 4 rings (SSSR count). The van der Waals surface area contributed by atoms with Crippen LogP contribution in [0.2, 0.25) is 5.02 Å².